The lowest BCUT2D eigenvalue weighted by molar-refractivity contribution is -0.402. The lowest BCUT2D eigenvalue weighted by atomic mass is 9.87. The molecule has 1 aromatic heterocycles. The lowest BCUT2D eigenvalue weighted by Gasteiger charge is -2.27. The molecule has 0 saturated carbocycles. The zero-order valence-corrected chi connectivity index (χ0v) is 15.3. The number of rotatable bonds is 6. The first-order valence-corrected chi connectivity index (χ1v) is 8.95. The van der Waals surface area contributed by atoms with Crippen LogP contribution in [0, 0.1) is 10.1 Å². The van der Waals surface area contributed by atoms with Gasteiger partial charge in [-0.25, -0.2) is 4.79 Å². The Morgan fingerprint density at radius 1 is 1.32 bits per heavy atom. The number of fused-ring (bicyclic) bond motifs is 1. The maximum Gasteiger partial charge on any atom is 0.433 e. The van der Waals surface area contributed by atoms with E-state index in [1.54, 1.807) is 0 Å². The molecule has 0 fully saturated rings. The Morgan fingerprint density at radius 2 is 2.11 bits per heavy atom. The third-order valence-corrected chi connectivity index (χ3v) is 4.52. The van der Waals surface area contributed by atoms with Gasteiger partial charge in [-0.15, -0.1) is 0 Å². The van der Waals surface area contributed by atoms with E-state index >= 15 is 0 Å². The second-order valence-electron chi connectivity index (χ2n) is 6.50. The molecule has 28 heavy (non-hydrogen) atoms. The van der Waals surface area contributed by atoms with E-state index in [1.807, 2.05) is 18.2 Å². The number of nitro groups is 1. The van der Waals surface area contributed by atoms with E-state index in [2.05, 4.69) is 11.4 Å². The topological polar surface area (TPSA) is 112 Å². The molecule has 1 aromatic carbocycles. The minimum absolute atomic E-state index is 0.0992. The van der Waals surface area contributed by atoms with Gasteiger partial charge in [-0.3, -0.25) is 14.9 Å². The van der Waals surface area contributed by atoms with Crippen LogP contribution < -0.4 is 5.32 Å². The van der Waals surface area contributed by atoms with Gasteiger partial charge in [0, 0.05) is 6.08 Å². The first-order valence-electron chi connectivity index (χ1n) is 8.95. The number of ether oxygens (including phenoxy) is 1. The fourth-order valence-corrected chi connectivity index (χ4v) is 3.14. The van der Waals surface area contributed by atoms with Crippen LogP contribution in [0.1, 0.15) is 42.7 Å². The predicted molar refractivity (Wildman–Crippen MR) is 100 cm³/mol. The van der Waals surface area contributed by atoms with E-state index in [0.29, 0.717) is 0 Å². The molecule has 2 aromatic rings. The molecule has 146 valence electrons. The van der Waals surface area contributed by atoms with Crippen LogP contribution >= 0.6 is 0 Å². The van der Waals surface area contributed by atoms with E-state index in [0.717, 1.165) is 30.9 Å². The number of esters is 1. The van der Waals surface area contributed by atoms with Crippen LogP contribution in [0.3, 0.4) is 0 Å². The molecule has 8 heteroatoms. The molecule has 8 nitrogen and oxygen atoms in total. The summed E-state index contributed by atoms with van der Waals surface area (Å²) in [7, 11) is 0. The van der Waals surface area contributed by atoms with Crippen LogP contribution in [0.15, 0.2) is 46.9 Å². The number of hydrogen-bond donors (Lipinski definition) is 1. The van der Waals surface area contributed by atoms with Crippen LogP contribution in [0.2, 0.25) is 0 Å². The van der Waals surface area contributed by atoms with Gasteiger partial charge in [0.2, 0.25) is 0 Å². The van der Waals surface area contributed by atoms with Crippen LogP contribution in [0.25, 0.3) is 6.08 Å². The highest BCUT2D eigenvalue weighted by molar-refractivity contribution is 5.90. The van der Waals surface area contributed by atoms with Gasteiger partial charge < -0.3 is 14.5 Å². The fourth-order valence-electron chi connectivity index (χ4n) is 3.14. The standard InChI is InChI=1S/C20H20N2O6/c1-13(27-19(23)12-10-15-9-11-18(28-15)22(25)26)20(24)21-17-8-4-6-14-5-2-3-7-16(14)17/h2-3,5,7,9-13,17H,4,6,8H2,1H3,(H,21,24)/b12-10+/t13-,17+/m0/s1. The lowest BCUT2D eigenvalue weighted by Crippen LogP contribution is -2.39. The zero-order chi connectivity index (χ0) is 20.1. The highest BCUT2D eigenvalue weighted by Crippen LogP contribution is 2.29. The normalized spacial score (nSPS) is 17.0. The Balaban J connectivity index is 1.54. The summed E-state index contributed by atoms with van der Waals surface area (Å²) in [5, 5.41) is 13.5. The summed E-state index contributed by atoms with van der Waals surface area (Å²) in [5.41, 5.74) is 2.32. The molecule has 1 aliphatic carbocycles. The molecule has 3 rings (SSSR count). The Bertz CT molecular complexity index is 917. The van der Waals surface area contributed by atoms with Gasteiger partial charge in [0.1, 0.15) is 10.7 Å². The minimum Gasteiger partial charge on any atom is -0.449 e. The highest BCUT2D eigenvalue weighted by atomic mass is 16.6. The van der Waals surface area contributed by atoms with Gasteiger partial charge in [0.05, 0.1) is 12.1 Å². The maximum atomic E-state index is 12.4. The van der Waals surface area contributed by atoms with Gasteiger partial charge in [-0.1, -0.05) is 24.3 Å². The summed E-state index contributed by atoms with van der Waals surface area (Å²) < 4.78 is 10.0. The van der Waals surface area contributed by atoms with E-state index in [1.165, 1.54) is 30.7 Å². The smallest absolute Gasteiger partial charge is 0.433 e. The van der Waals surface area contributed by atoms with Crippen LogP contribution in [-0.2, 0) is 20.7 Å². The molecule has 1 amide bonds. The van der Waals surface area contributed by atoms with Crippen molar-refractivity contribution >= 4 is 23.8 Å². The summed E-state index contributed by atoms with van der Waals surface area (Å²) in [6, 6.07) is 10.4. The second-order valence-corrected chi connectivity index (χ2v) is 6.50. The van der Waals surface area contributed by atoms with E-state index in [-0.39, 0.29) is 17.7 Å². The van der Waals surface area contributed by atoms with Crippen molar-refractivity contribution in [2.75, 3.05) is 0 Å². The predicted octanol–water partition coefficient (Wildman–Crippen LogP) is 3.33. The Kier molecular flexibility index (Phi) is 5.88. The van der Waals surface area contributed by atoms with Gasteiger partial charge in [0.15, 0.2) is 6.10 Å². The average Bonchev–Trinajstić information content (AvgIpc) is 3.16. The number of hydrogen-bond acceptors (Lipinski definition) is 6. The quantitative estimate of drug-likeness (QED) is 0.354. The summed E-state index contributed by atoms with van der Waals surface area (Å²) in [5.74, 6) is -1.41. The highest BCUT2D eigenvalue weighted by Gasteiger charge is 2.25. The molecule has 0 aliphatic heterocycles. The Morgan fingerprint density at radius 3 is 2.86 bits per heavy atom. The number of furan rings is 1. The van der Waals surface area contributed by atoms with Crippen molar-refractivity contribution in [3.05, 3.63) is 69.5 Å². The summed E-state index contributed by atoms with van der Waals surface area (Å²) in [6.45, 7) is 1.49. The monoisotopic (exact) mass is 384 g/mol. The molecular weight excluding hydrogens is 364 g/mol. The summed E-state index contributed by atoms with van der Waals surface area (Å²) in [6.07, 6.45) is 4.13. The third kappa shape index (κ3) is 4.64. The van der Waals surface area contributed by atoms with Crippen molar-refractivity contribution in [3.8, 4) is 0 Å². The van der Waals surface area contributed by atoms with E-state index in [9.17, 15) is 19.7 Å². The number of amides is 1. The molecule has 1 heterocycles. The van der Waals surface area contributed by atoms with Crippen molar-refractivity contribution in [2.45, 2.75) is 38.3 Å². The van der Waals surface area contributed by atoms with Crippen molar-refractivity contribution in [3.63, 3.8) is 0 Å². The molecular formula is C20H20N2O6. The number of nitrogens with zero attached hydrogens (tertiary/aromatic N) is 1. The largest absolute Gasteiger partial charge is 0.449 e. The molecule has 0 radical (unpaired) electrons. The molecule has 0 saturated heterocycles. The van der Waals surface area contributed by atoms with Crippen molar-refractivity contribution in [1.29, 1.82) is 0 Å². The van der Waals surface area contributed by atoms with Crippen LogP contribution in [0.5, 0.6) is 0 Å². The third-order valence-electron chi connectivity index (χ3n) is 4.52. The first-order chi connectivity index (χ1) is 13.4. The Hall–Kier alpha value is -3.42. The van der Waals surface area contributed by atoms with Gasteiger partial charge >= 0.3 is 11.9 Å². The molecule has 2 atom stereocenters. The average molecular weight is 384 g/mol. The summed E-state index contributed by atoms with van der Waals surface area (Å²) >= 11 is 0. The SMILES string of the molecule is C[C@H](OC(=O)/C=C/c1ccc([N+](=O)[O-])o1)C(=O)N[C@@H]1CCCc2ccccc21. The first kappa shape index (κ1) is 19.3. The molecule has 1 aliphatic rings. The van der Waals surface area contributed by atoms with Gasteiger partial charge in [-0.2, -0.15) is 0 Å². The number of carbonyl (C=O) groups excluding carboxylic acids is 2. The van der Waals surface area contributed by atoms with E-state index < -0.39 is 22.9 Å². The number of aryl methyl sites for hydroxylation is 1. The Labute approximate surface area is 161 Å². The van der Waals surface area contributed by atoms with Crippen molar-refractivity contribution in [1.82, 2.24) is 5.32 Å². The number of carbonyl (C=O) groups is 2. The molecule has 1 N–H and O–H groups in total. The van der Waals surface area contributed by atoms with Crippen molar-refractivity contribution < 1.29 is 23.7 Å². The van der Waals surface area contributed by atoms with Crippen LogP contribution in [-0.4, -0.2) is 22.9 Å². The molecule has 0 bridgehead atoms. The van der Waals surface area contributed by atoms with Gasteiger partial charge in [0.25, 0.3) is 5.91 Å². The fraction of sp³-hybridized carbons (Fsp3) is 0.300. The molecule has 0 unspecified atom stereocenters. The number of benzene rings is 1. The minimum atomic E-state index is -0.975. The van der Waals surface area contributed by atoms with Gasteiger partial charge in [-0.05, 0) is 49.5 Å². The van der Waals surface area contributed by atoms with E-state index in [4.69, 9.17) is 9.15 Å². The van der Waals surface area contributed by atoms with Crippen LogP contribution in [0.4, 0.5) is 5.88 Å². The van der Waals surface area contributed by atoms with Crippen molar-refractivity contribution in [2.24, 2.45) is 0 Å². The maximum absolute atomic E-state index is 12.4. The summed E-state index contributed by atoms with van der Waals surface area (Å²) in [4.78, 5) is 34.2. The second kappa shape index (κ2) is 8.51. The molecule has 0 spiro atoms. The zero-order valence-electron chi connectivity index (χ0n) is 15.3. The number of nitrogens with one attached hydrogen (secondary N) is 1.